The number of fused-ring (bicyclic) bond motifs is 1. The highest BCUT2D eigenvalue weighted by molar-refractivity contribution is 5.79. The van der Waals surface area contributed by atoms with Gasteiger partial charge in [0.2, 0.25) is 11.6 Å². The Bertz CT molecular complexity index is 739. The first-order valence-corrected chi connectivity index (χ1v) is 6.17. The highest BCUT2D eigenvalue weighted by Crippen LogP contribution is 2.31. The summed E-state index contributed by atoms with van der Waals surface area (Å²) >= 11 is 0. The molecule has 0 aliphatic heterocycles. The molecule has 0 aromatic carbocycles. The van der Waals surface area contributed by atoms with Gasteiger partial charge in [0.15, 0.2) is 0 Å². The quantitative estimate of drug-likeness (QED) is 0.765. The van der Waals surface area contributed by atoms with E-state index in [0.29, 0.717) is 5.57 Å². The van der Waals surface area contributed by atoms with Crippen molar-refractivity contribution < 1.29 is 17.6 Å². The lowest BCUT2D eigenvalue weighted by atomic mass is 10.1. The predicted octanol–water partition coefficient (Wildman–Crippen LogP) is 4.78. The van der Waals surface area contributed by atoms with Crippen molar-refractivity contribution in [1.82, 2.24) is 9.97 Å². The third-order valence-corrected chi connectivity index (χ3v) is 2.95. The molecule has 6 heteroatoms. The maximum absolute atomic E-state index is 12.7. The largest absolute Gasteiger partial charge is 0.418 e. The van der Waals surface area contributed by atoms with Gasteiger partial charge in [-0.1, -0.05) is 18.7 Å². The Morgan fingerprint density at radius 2 is 2.10 bits per heavy atom. The van der Waals surface area contributed by atoms with Gasteiger partial charge in [0.25, 0.3) is 0 Å². The molecule has 0 aliphatic rings. The van der Waals surface area contributed by atoms with Crippen LogP contribution in [0.2, 0.25) is 0 Å². The number of hydrogen-bond donors (Lipinski definition) is 0. The minimum Gasteiger partial charge on any atom is -0.418 e. The van der Waals surface area contributed by atoms with Crippen LogP contribution in [0.3, 0.4) is 0 Å². The highest BCUT2D eigenvalue weighted by atomic mass is 19.4. The standard InChI is InChI=1S/C15H13F3N2O/c1-4-6-11(9(3)5-2)13-20-12-7-10(15(16,17)18)8-19-14(12)21-13/h4-8H,1H2,2-3H3/b9-5-,11-6+. The van der Waals surface area contributed by atoms with E-state index in [1.54, 1.807) is 12.2 Å². The van der Waals surface area contributed by atoms with Crippen LogP contribution in [0.5, 0.6) is 0 Å². The molecule has 0 spiro atoms. The van der Waals surface area contributed by atoms with E-state index in [-0.39, 0.29) is 17.1 Å². The van der Waals surface area contributed by atoms with Crippen LogP contribution in [0.15, 0.2) is 47.1 Å². The van der Waals surface area contributed by atoms with Crippen molar-refractivity contribution in [2.45, 2.75) is 20.0 Å². The summed E-state index contributed by atoms with van der Waals surface area (Å²) in [5.41, 5.74) is 0.805. The molecule has 0 unspecified atom stereocenters. The van der Waals surface area contributed by atoms with E-state index in [9.17, 15) is 13.2 Å². The molecule has 0 N–H and O–H groups in total. The SMILES string of the molecule is C=C/C=C(\C(C)=C/C)c1nc2cc(C(F)(F)F)cnc2o1. The monoisotopic (exact) mass is 294 g/mol. The summed E-state index contributed by atoms with van der Waals surface area (Å²) in [5.74, 6) is 0.215. The second-order valence-electron chi connectivity index (χ2n) is 4.35. The lowest BCUT2D eigenvalue weighted by molar-refractivity contribution is -0.137. The van der Waals surface area contributed by atoms with Crippen LogP contribution in [0.1, 0.15) is 25.3 Å². The van der Waals surface area contributed by atoms with E-state index in [2.05, 4.69) is 16.5 Å². The molecule has 0 radical (unpaired) electrons. The minimum absolute atomic E-state index is 0.0665. The Hall–Kier alpha value is -2.37. The molecule has 0 atom stereocenters. The van der Waals surface area contributed by atoms with Gasteiger partial charge in [-0.2, -0.15) is 13.2 Å². The van der Waals surface area contributed by atoms with E-state index < -0.39 is 11.7 Å². The molecule has 0 amide bonds. The van der Waals surface area contributed by atoms with Crippen LogP contribution in [0.25, 0.3) is 16.8 Å². The fourth-order valence-corrected chi connectivity index (χ4v) is 1.74. The average molecular weight is 294 g/mol. The van der Waals surface area contributed by atoms with Crippen LogP contribution in [0.4, 0.5) is 13.2 Å². The molecule has 0 aliphatic carbocycles. The van der Waals surface area contributed by atoms with Crippen molar-refractivity contribution in [2.24, 2.45) is 0 Å². The van der Waals surface area contributed by atoms with Crippen LogP contribution in [-0.2, 0) is 6.18 Å². The minimum atomic E-state index is -4.46. The smallest absolute Gasteiger partial charge is 0.417 e. The second-order valence-corrected chi connectivity index (χ2v) is 4.35. The lowest BCUT2D eigenvalue weighted by Crippen LogP contribution is -2.04. The summed E-state index contributed by atoms with van der Waals surface area (Å²) in [6, 6.07) is 0.922. The first-order valence-electron chi connectivity index (χ1n) is 6.17. The molecule has 2 heterocycles. The van der Waals surface area contributed by atoms with Crippen molar-refractivity contribution in [2.75, 3.05) is 0 Å². The number of allylic oxidation sites excluding steroid dienone is 5. The summed E-state index contributed by atoms with van der Waals surface area (Å²) in [6.07, 6.45) is 1.37. The zero-order valence-electron chi connectivity index (χ0n) is 11.5. The summed E-state index contributed by atoms with van der Waals surface area (Å²) in [6.45, 7) is 7.29. The van der Waals surface area contributed by atoms with Crippen LogP contribution in [-0.4, -0.2) is 9.97 Å². The summed E-state index contributed by atoms with van der Waals surface area (Å²) in [7, 11) is 0. The molecule has 0 saturated heterocycles. The van der Waals surface area contributed by atoms with Gasteiger partial charge in [0.1, 0.15) is 5.52 Å². The Labute approximate surface area is 119 Å². The van der Waals surface area contributed by atoms with E-state index in [0.717, 1.165) is 17.8 Å². The number of oxazole rings is 1. The van der Waals surface area contributed by atoms with Gasteiger partial charge in [0.05, 0.1) is 5.56 Å². The summed E-state index contributed by atoms with van der Waals surface area (Å²) in [4.78, 5) is 7.76. The molecule has 0 saturated carbocycles. The molecular weight excluding hydrogens is 281 g/mol. The maximum atomic E-state index is 12.7. The number of alkyl halides is 3. The van der Waals surface area contributed by atoms with E-state index >= 15 is 0 Å². The summed E-state index contributed by atoms with van der Waals surface area (Å²) < 4.78 is 43.4. The van der Waals surface area contributed by atoms with Gasteiger partial charge in [-0.3, -0.25) is 0 Å². The van der Waals surface area contributed by atoms with E-state index in [4.69, 9.17) is 4.42 Å². The topological polar surface area (TPSA) is 38.9 Å². The van der Waals surface area contributed by atoms with Crippen molar-refractivity contribution in [3.8, 4) is 0 Å². The van der Waals surface area contributed by atoms with E-state index in [1.165, 1.54) is 0 Å². The van der Waals surface area contributed by atoms with E-state index in [1.807, 2.05) is 19.9 Å². The number of hydrogen-bond acceptors (Lipinski definition) is 3. The molecule has 21 heavy (non-hydrogen) atoms. The lowest BCUT2D eigenvalue weighted by Gasteiger charge is -2.03. The van der Waals surface area contributed by atoms with Gasteiger partial charge < -0.3 is 4.42 Å². The number of aromatic nitrogens is 2. The third kappa shape index (κ3) is 3.04. The maximum Gasteiger partial charge on any atom is 0.417 e. The zero-order chi connectivity index (χ0) is 15.6. The van der Waals surface area contributed by atoms with Crippen LogP contribution >= 0.6 is 0 Å². The molecule has 2 aromatic rings. The second kappa shape index (κ2) is 5.55. The number of pyridine rings is 1. The average Bonchev–Trinajstić information content (AvgIpc) is 2.85. The highest BCUT2D eigenvalue weighted by Gasteiger charge is 2.31. The number of halogens is 3. The first kappa shape index (κ1) is 15.0. The molecule has 110 valence electrons. The van der Waals surface area contributed by atoms with Gasteiger partial charge in [-0.25, -0.2) is 9.97 Å². The molecule has 0 bridgehead atoms. The molecule has 2 rings (SSSR count). The predicted molar refractivity (Wildman–Crippen MR) is 74.4 cm³/mol. The number of rotatable bonds is 3. The van der Waals surface area contributed by atoms with Crippen LogP contribution in [0, 0.1) is 0 Å². The van der Waals surface area contributed by atoms with Crippen molar-refractivity contribution >= 4 is 16.8 Å². The summed E-state index contributed by atoms with van der Waals surface area (Å²) in [5, 5.41) is 0. The molecular formula is C15H13F3N2O. The zero-order valence-corrected chi connectivity index (χ0v) is 11.5. The van der Waals surface area contributed by atoms with Gasteiger partial charge in [-0.15, -0.1) is 0 Å². The molecule has 2 aromatic heterocycles. The van der Waals surface area contributed by atoms with Gasteiger partial charge in [0, 0.05) is 11.8 Å². The molecule has 0 fully saturated rings. The van der Waals surface area contributed by atoms with Gasteiger partial charge >= 0.3 is 6.18 Å². The first-order chi connectivity index (χ1) is 9.86. The number of nitrogens with zero attached hydrogens (tertiary/aromatic N) is 2. The third-order valence-electron chi connectivity index (χ3n) is 2.95. The van der Waals surface area contributed by atoms with Crippen molar-refractivity contribution in [3.63, 3.8) is 0 Å². The van der Waals surface area contributed by atoms with Crippen molar-refractivity contribution in [3.05, 3.63) is 54.1 Å². The Morgan fingerprint density at radius 3 is 2.67 bits per heavy atom. The molecule has 3 nitrogen and oxygen atoms in total. The Balaban J connectivity index is 2.57. The Morgan fingerprint density at radius 1 is 1.38 bits per heavy atom. The normalized spacial score (nSPS) is 13.8. The van der Waals surface area contributed by atoms with Gasteiger partial charge in [-0.05, 0) is 31.6 Å². The van der Waals surface area contributed by atoms with Crippen LogP contribution < -0.4 is 0 Å². The fraction of sp³-hybridized carbons (Fsp3) is 0.200. The Kier molecular flexibility index (Phi) is 3.97. The van der Waals surface area contributed by atoms with Crippen molar-refractivity contribution in [1.29, 1.82) is 0 Å². The fourth-order valence-electron chi connectivity index (χ4n) is 1.74.